The van der Waals surface area contributed by atoms with E-state index in [1.54, 1.807) is 6.92 Å². The molecule has 1 heterocycles. The minimum Gasteiger partial charge on any atom is -0.497 e. The van der Waals surface area contributed by atoms with Gasteiger partial charge in [-0.1, -0.05) is 0 Å². The van der Waals surface area contributed by atoms with E-state index in [1.807, 2.05) is 0 Å². The van der Waals surface area contributed by atoms with Crippen LogP contribution in [0.25, 0.3) is 0 Å². The van der Waals surface area contributed by atoms with E-state index in [0.717, 1.165) is 0 Å². The lowest BCUT2D eigenvalue weighted by molar-refractivity contribution is -0.147. The van der Waals surface area contributed by atoms with Crippen molar-refractivity contribution in [1.82, 2.24) is 10.2 Å². The number of hydrogen-bond donors (Lipinski definition) is 2. The van der Waals surface area contributed by atoms with Gasteiger partial charge in [0.05, 0.1) is 12.5 Å². The van der Waals surface area contributed by atoms with Crippen LogP contribution < -0.4 is 14.8 Å². The zero-order valence-corrected chi connectivity index (χ0v) is 13.9. The van der Waals surface area contributed by atoms with Crippen LogP contribution in [0.3, 0.4) is 0 Å². The second kappa shape index (κ2) is 7.54. The van der Waals surface area contributed by atoms with Gasteiger partial charge < -0.3 is 24.8 Å². The fraction of sp³-hybridized carbons (Fsp3) is 0.500. The van der Waals surface area contributed by atoms with Gasteiger partial charge in [-0.15, -0.1) is 0 Å². The molecule has 0 radical (unpaired) electrons. The second-order valence-corrected chi connectivity index (χ2v) is 6.05. The number of urea groups is 1. The third kappa shape index (κ3) is 4.49. The number of amides is 2. The molecule has 0 aliphatic carbocycles. The van der Waals surface area contributed by atoms with Crippen molar-refractivity contribution in [2.75, 3.05) is 20.2 Å². The summed E-state index contributed by atoms with van der Waals surface area (Å²) in [4.78, 5) is 24.8. The zero-order chi connectivity index (χ0) is 18.6. The van der Waals surface area contributed by atoms with Crippen molar-refractivity contribution in [3.63, 3.8) is 0 Å². The van der Waals surface area contributed by atoms with Crippen LogP contribution >= 0.6 is 0 Å². The van der Waals surface area contributed by atoms with Crippen LogP contribution in [0.15, 0.2) is 18.2 Å². The summed E-state index contributed by atoms with van der Waals surface area (Å²) in [5.41, 5.74) is -0.648. The van der Waals surface area contributed by atoms with Crippen molar-refractivity contribution >= 4 is 12.0 Å². The average molecular weight is 358 g/mol. The minimum atomic E-state index is -2.99. The number of carboxylic acid groups (broad SMARTS) is 1. The predicted octanol–water partition coefficient (Wildman–Crippen LogP) is 2.30. The number of carbonyl (C=O) groups excluding carboxylic acids is 1. The summed E-state index contributed by atoms with van der Waals surface area (Å²) in [5, 5.41) is 11.8. The molecular weight excluding hydrogens is 338 g/mol. The Hall–Kier alpha value is -2.58. The lowest BCUT2D eigenvalue weighted by Gasteiger charge is -2.21. The number of aliphatic carboxylic acids is 1. The van der Waals surface area contributed by atoms with E-state index in [1.165, 1.54) is 30.2 Å². The largest absolute Gasteiger partial charge is 0.497 e. The molecule has 1 aliphatic heterocycles. The first kappa shape index (κ1) is 18.8. The van der Waals surface area contributed by atoms with Crippen LogP contribution in [-0.4, -0.2) is 48.8 Å². The summed E-state index contributed by atoms with van der Waals surface area (Å²) in [7, 11) is 1.43. The number of hydrogen-bond acceptors (Lipinski definition) is 4. The van der Waals surface area contributed by atoms with E-state index in [9.17, 15) is 23.5 Å². The Balaban J connectivity index is 2.03. The molecule has 0 saturated carbocycles. The number of nitrogens with zero attached hydrogens (tertiary/aromatic N) is 1. The van der Waals surface area contributed by atoms with Crippen LogP contribution in [0.4, 0.5) is 13.6 Å². The number of alkyl halides is 2. The molecule has 138 valence electrons. The summed E-state index contributed by atoms with van der Waals surface area (Å²) in [6.45, 7) is -1.06. The third-order valence-corrected chi connectivity index (χ3v) is 4.19. The average Bonchev–Trinajstić information content (AvgIpc) is 2.97. The number of carboxylic acids is 1. The number of benzene rings is 1. The van der Waals surface area contributed by atoms with Crippen molar-refractivity contribution in [3.8, 4) is 11.5 Å². The Kier molecular flexibility index (Phi) is 5.66. The summed E-state index contributed by atoms with van der Waals surface area (Å²) < 4.78 is 34.4. The van der Waals surface area contributed by atoms with Gasteiger partial charge in [-0.05, 0) is 31.5 Å². The predicted molar refractivity (Wildman–Crippen MR) is 83.8 cm³/mol. The van der Waals surface area contributed by atoms with Crippen LogP contribution in [0.1, 0.15) is 18.9 Å². The van der Waals surface area contributed by atoms with E-state index in [0.29, 0.717) is 24.3 Å². The van der Waals surface area contributed by atoms with Crippen molar-refractivity contribution in [3.05, 3.63) is 23.8 Å². The van der Waals surface area contributed by atoms with Gasteiger partial charge in [-0.3, -0.25) is 4.79 Å². The normalized spacial score (nSPS) is 19.8. The Morgan fingerprint density at radius 1 is 1.44 bits per heavy atom. The number of methoxy groups -OCH3 is 1. The molecule has 1 unspecified atom stereocenters. The van der Waals surface area contributed by atoms with Crippen molar-refractivity contribution < 1.29 is 33.0 Å². The molecule has 1 aromatic rings. The first-order valence-corrected chi connectivity index (χ1v) is 7.63. The third-order valence-electron chi connectivity index (χ3n) is 4.19. The Labute approximate surface area is 143 Å². The van der Waals surface area contributed by atoms with Gasteiger partial charge in [-0.2, -0.15) is 8.78 Å². The fourth-order valence-electron chi connectivity index (χ4n) is 2.62. The van der Waals surface area contributed by atoms with Crippen molar-refractivity contribution in [2.45, 2.75) is 26.5 Å². The molecule has 1 aliphatic rings. The number of ether oxygens (including phenoxy) is 2. The van der Waals surface area contributed by atoms with Crippen LogP contribution in [-0.2, 0) is 11.3 Å². The molecule has 2 rings (SSSR count). The molecule has 2 amide bonds. The standard InChI is InChI=1S/C16H20F2N2O5/c1-16(13(21)22)5-6-20(9-16)15(23)19-8-10-7-11(24-2)3-4-12(10)25-14(17)18/h3-4,7,14H,5-6,8-9H2,1-2H3,(H,19,23)(H,21,22). The SMILES string of the molecule is COc1ccc(OC(F)F)c(CNC(=O)N2CCC(C)(C(=O)O)C2)c1. The summed E-state index contributed by atoms with van der Waals surface area (Å²) in [5.74, 6) is -0.582. The number of rotatable bonds is 6. The molecule has 1 fully saturated rings. The lowest BCUT2D eigenvalue weighted by Crippen LogP contribution is -2.40. The number of halogens is 2. The van der Waals surface area contributed by atoms with Crippen LogP contribution in [0.5, 0.6) is 11.5 Å². The fourth-order valence-corrected chi connectivity index (χ4v) is 2.62. The smallest absolute Gasteiger partial charge is 0.387 e. The highest BCUT2D eigenvalue weighted by Crippen LogP contribution is 2.30. The van der Waals surface area contributed by atoms with Gasteiger partial charge >= 0.3 is 18.6 Å². The molecule has 25 heavy (non-hydrogen) atoms. The highest BCUT2D eigenvalue weighted by atomic mass is 19.3. The maximum absolute atomic E-state index is 12.5. The molecule has 1 atom stereocenters. The quantitative estimate of drug-likeness (QED) is 0.815. The van der Waals surface area contributed by atoms with Gasteiger partial charge in [0, 0.05) is 25.2 Å². The van der Waals surface area contributed by atoms with Gasteiger partial charge in [0.1, 0.15) is 11.5 Å². The Bertz CT molecular complexity index is 655. The molecule has 7 nitrogen and oxygen atoms in total. The van der Waals surface area contributed by atoms with E-state index in [4.69, 9.17) is 4.74 Å². The minimum absolute atomic E-state index is 0.0572. The van der Waals surface area contributed by atoms with E-state index < -0.39 is 24.0 Å². The Morgan fingerprint density at radius 2 is 2.16 bits per heavy atom. The topological polar surface area (TPSA) is 88.1 Å². The van der Waals surface area contributed by atoms with Gasteiger partial charge in [0.25, 0.3) is 0 Å². The highest BCUT2D eigenvalue weighted by Gasteiger charge is 2.42. The van der Waals surface area contributed by atoms with E-state index in [2.05, 4.69) is 10.1 Å². The maximum Gasteiger partial charge on any atom is 0.387 e. The zero-order valence-electron chi connectivity index (χ0n) is 13.9. The van der Waals surface area contributed by atoms with Gasteiger partial charge in [0.15, 0.2) is 0 Å². The molecule has 0 aromatic heterocycles. The molecular formula is C16H20F2N2O5. The maximum atomic E-state index is 12.5. The van der Waals surface area contributed by atoms with Crippen molar-refractivity contribution in [1.29, 1.82) is 0 Å². The molecule has 9 heteroatoms. The lowest BCUT2D eigenvalue weighted by atomic mass is 9.90. The number of nitrogens with one attached hydrogen (secondary N) is 1. The monoisotopic (exact) mass is 358 g/mol. The first-order chi connectivity index (χ1) is 11.7. The van der Waals surface area contributed by atoms with E-state index in [-0.39, 0.29) is 18.8 Å². The summed E-state index contributed by atoms with van der Waals surface area (Å²) in [6, 6.07) is 3.84. The molecule has 1 aromatic carbocycles. The molecule has 2 N–H and O–H groups in total. The Morgan fingerprint density at radius 3 is 2.72 bits per heavy atom. The molecule has 0 bridgehead atoms. The molecule has 0 spiro atoms. The van der Waals surface area contributed by atoms with Crippen LogP contribution in [0, 0.1) is 5.41 Å². The second-order valence-electron chi connectivity index (χ2n) is 6.05. The number of carbonyl (C=O) groups is 2. The number of likely N-dealkylation sites (tertiary alicyclic amines) is 1. The summed E-state index contributed by atoms with van der Waals surface area (Å²) >= 11 is 0. The van der Waals surface area contributed by atoms with Crippen LogP contribution in [0.2, 0.25) is 0 Å². The highest BCUT2D eigenvalue weighted by molar-refractivity contribution is 5.79. The molecule has 1 saturated heterocycles. The van der Waals surface area contributed by atoms with Gasteiger partial charge in [0.2, 0.25) is 0 Å². The van der Waals surface area contributed by atoms with Crippen molar-refractivity contribution in [2.24, 2.45) is 5.41 Å². The van der Waals surface area contributed by atoms with E-state index >= 15 is 0 Å². The first-order valence-electron chi connectivity index (χ1n) is 7.63. The van der Waals surface area contributed by atoms with Gasteiger partial charge in [-0.25, -0.2) is 4.79 Å². The summed E-state index contributed by atoms with van der Waals surface area (Å²) in [6.07, 6.45) is 0.356.